The Balaban J connectivity index is 1.76. The van der Waals surface area contributed by atoms with Crippen molar-refractivity contribution in [2.75, 3.05) is 33.9 Å². The standard InChI is InChI=1S/C21H25BrN2O3/c1-26-19-8-4-3-7-16(19)18(24-11-5-6-12-24)14-23-21(25)15-9-10-20(27-2)17(22)13-15/h3-4,7-10,13,18H,5-6,11-12,14H2,1-2H3,(H,23,25). The molecule has 0 radical (unpaired) electrons. The van der Waals surface area contributed by atoms with E-state index in [-0.39, 0.29) is 11.9 Å². The second kappa shape index (κ2) is 9.24. The molecule has 0 spiro atoms. The normalized spacial score (nSPS) is 15.4. The topological polar surface area (TPSA) is 50.8 Å². The number of halogens is 1. The molecule has 1 unspecified atom stereocenters. The Morgan fingerprint density at radius 1 is 1.11 bits per heavy atom. The van der Waals surface area contributed by atoms with Gasteiger partial charge in [-0.15, -0.1) is 0 Å². The van der Waals surface area contributed by atoms with Crippen molar-refractivity contribution < 1.29 is 14.3 Å². The van der Waals surface area contributed by atoms with Crippen LogP contribution in [0.5, 0.6) is 11.5 Å². The molecule has 1 amide bonds. The predicted octanol–water partition coefficient (Wildman–Crippen LogP) is 4.03. The summed E-state index contributed by atoms with van der Waals surface area (Å²) < 4.78 is 11.6. The molecule has 1 fully saturated rings. The maximum absolute atomic E-state index is 12.7. The summed E-state index contributed by atoms with van der Waals surface area (Å²) in [7, 11) is 3.29. The Bertz CT molecular complexity index is 791. The summed E-state index contributed by atoms with van der Waals surface area (Å²) in [5.41, 5.74) is 1.71. The van der Waals surface area contributed by atoms with Gasteiger partial charge in [-0.05, 0) is 66.1 Å². The van der Waals surface area contributed by atoms with Gasteiger partial charge in [0, 0.05) is 17.7 Å². The maximum Gasteiger partial charge on any atom is 0.251 e. The van der Waals surface area contributed by atoms with E-state index >= 15 is 0 Å². The number of hydrogen-bond acceptors (Lipinski definition) is 4. The van der Waals surface area contributed by atoms with E-state index in [9.17, 15) is 4.79 Å². The minimum absolute atomic E-state index is 0.0919. The molecule has 6 heteroatoms. The highest BCUT2D eigenvalue weighted by atomic mass is 79.9. The highest BCUT2D eigenvalue weighted by molar-refractivity contribution is 9.10. The zero-order chi connectivity index (χ0) is 19.2. The molecule has 0 aromatic heterocycles. The summed E-state index contributed by atoms with van der Waals surface area (Å²) in [5.74, 6) is 1.46. The first kappa shape index (κ1) is 19.7. The lowest BCUT2D eigenvalue weighted by Gasteiger charge is -2.29. The zero-order valence-corrected chi connectivity index (χ0v) is 17.3. The van der Waals surface area contributed by atoms with Crippen molar-refractivity contribution in [1.29, 1.82) is 0 Å². The fraction of sp³-hybridized carbons (Fsp3) is 0.381. The van der Waals surface area contributed by atoms with Crippen molar-refractivity contribution in [2.45, 2.75) is 18.9 Å². The summed E-state index contributed by atoms with van der Waals surface area (Å²) >= 11 is 3.44. The molecule has 0 saturated carbocycles. The van der Waals surface area contributed by atoms with Crippen LogP contribution in [0.3, 0.4) is 0 Å². The molecule has 0 bridgehead atoms. The Kier molecular flexibility index (Phi) is 6.74. The average molecular weight is 433 g/mol. The molecule has 5 nitrogen and oxygen atoms in total. The van der Waals surface area contributed by atoms with Crippen LogP contribution in [-0.4, -0.2) is 44.7 Å². The van der Waals surface area contributed by atoms with E-state index < -0.39 is 0 Å². The molecular weight excluding hydrogens is 408 g/mol. The van der Waals surface area contributed by atoms with Crippen molar-refractivity contribution >= 4 is 21.8 Å². The van der Waals surface area contributed by atoms with E-state index in [0.717, 1.165) is 28.9 Å². The molecule has 0 aliphatic carbocycles. The molecule has 1 N–H and O–H groups in total. The molecule has 2 aromatic carbocycles. The lowest BCUT2D eigenvalue weighted by molar-refractivity contribution is 0.0937. The van der Waals surface area contributed by atoms with Crippen LogP contribution in [0.15, 0.2) is 46.9 Å². The van der Waals surface area contributed by atoms with Gasteiger partial charge in [-0.25, -0.2) is 0 Å². The van der Waals surface area contributed by atoms with Gasteiger partial charge in [0.2, 0.25) is 0 Å². The fourth-order valence-corrected chi connectivity index (χ4v) is 4.07. The van der Waals surface area contributed by atoms with Gasteiger partial charge in [-0.3, -0.25) is 9.69 Å². The predicted molar refractivity (Wildman–Crippen MR) is 110 cm³/mol. The van der Waals surface area contributed by atoms with Crippen LogP contribution in [0.4, 0.5) is 0 Å². The molecule has 1 aliphatic rings. The number of nitrogens with one attached hydrogen (secondary N) is 1. The SMILES string of the molecule is COc1ccc(C(=O)NCC(c2ccccc2OC)N2CCCC2)cc1Br. The second-order valence-electron chi connectivity index (χ2n) is 6.56. The van der Waals surface area contributed by atoms with Crippen LogP contribution in [0.25, 0.3) is 0 Å². The van der Waals surface area contributed by atoms with E-state index in [0.29, 0.717) is 17.9 Å². The van der Waals surface area contributed by atoms with Crippen LogP contribution in [0, 0.1) is 0 Å². The molecule has 3 rings (SSSR count). The minimum atomic E-state index is -0.0996. The number of ether oxygens (including phenoxy) is 2. The van der Waals surface area contributed by atoms with Crippen molar-refractivity contribution in [1.82, 2.24) is 10.2 Å². The Morgan fingerprint density at radius 2 is 1.81 bits per heavy atom. The summed E-state index contributed by atoms with van der Waals surface area (Å²) in [6.45, 7) is 2.60. The summed E-state index contributed by atoms with van der Waals surface area (Å²) in [6, 6.07) is 13.5. The lowest BCUT2D eigenvalue weighted by Crippen LogP contribution is -2.37. The highest BCUT2D eigenvalue weighted by Gasteiger charge is 2.26. The molecular formula is C21H25BrN2O3. The van der Waals surface area contributed by atoms with Crippen LogP contribution in [0.2, 0.25) is 0 Å². The van der Waals surface area contributed by atoms with Crippen LogP contribution < -0.4 is 14.8 Å². The van der Waals surface area contributed by atoms with Crippen molar-refractivity contribution in [3.63, 3.8) is 0 Å². The minimum Gasteiger partial charge on any atom is -0.496 e. The van der Waals surface area contributed by atoms with Crippen LogP contribution >= 0.6 is 15.9 Å². The molecule has 1 heterocycles. The quantitative estimate of drug-likeness (QED) is 0.717. The van der Waals surface area contributed by atoms with E-state index in [1.54, 1.807) is 32.4 Å². The Labute approximate surface area is 168 Å². The molecule has 27 heavy (non-hydrogen) atoms. The third kappa shape index (κ3) is 4.62. The number of hydrogen-bond donors (Lipinski definition) is 1. The number of methoxy groups -OCH3 is 2. The number of nitrogens with zero attached hydrogens (tertiary/aromatic N) is 1. The number of benzene rings is 2. The number of para-hydroxylation sites is 1. The van der Waals surface area contributed by atoms with Gasteiger partial charge in [0.25, 0.3) is 5.91 Å². The first-order valence-electron chi connectivity index (χ1n) is 9.12. The third-order valence-corrected chi connectivity index (χ3v) is 5.57. The number of amides is 1. The van der Waals surface area contributed by atoms with Crippen molar-refractivity contribution in [3.8, 4) is 11.5 Å². The highest BCUT2D eigenvalue weighted by Crippen LogP contribution is 2.31. The first-order chi connectivity index (χ1) is 13.1. The summed E-state index contributed by atoms with van der Waals surface area (Å²) in [5, 5.41) is 3.09. The molecule has 1 atom stereocenters. The van der Waals surface area contributed by atoms with Crippen LogP contribution in [-0.2, 0) is 0 Å². The number of carbonyl (C=O) groups excluding carboxylic acids is 1. The van der Waals surface area contributed by atoms with E-state index in [2.05, 4.69) is 32.2 Å². The maximum atomic E-state index is 12.7. The average Bonchev–Trinajstić information content (AvgIpc) is 3.22. The van der Waals surface area contributed by atoms with Gasteiger partial charge in [0.15, 0.2) is 0 Å². The van der Waals surface area contributed by atoms with Gasteiger partial charge in [-0.1, -0.05) is 18.2 Å². The monoisotopic (exact) mass is 432 g/mol. The van der Waals surface area contributed by atoms with E-state index in [4.69, 9.17) is 9.47 Å². The number of likely N-dealkylation sites (tertiary alicyclic amines) is 1. The molecule has 144 valence electrons. The third-order valence-electron chi connectivity index (χ3n) is 4.95. The lowest BCUT2D eigenvalue weighted by atomic mass is 10.0. The summed E-state index contributed by atoms with van der Waals surface area (Å²) in [6.07, 6.45) is 2.37. The van der Waals surface area contributed by atoms with Gasteiger partial charge in [0.1, 0.15) is 11.5 Å². The second-order valence-corrected chi connectivity index (χ2v) is 7.41. The van der Waals surface area contributed by atoms with E-state index in [1.807, 2.05) is 18.2 Å². The van der Waals surface area contributed by atoms with Gasteiger partial charge < -0.3 is 14.8 Å². The van der Waals surface area contributed by atoms with Crippen molar-refractivity contribution in [2.24, 2.45) is 0 Å². The number of carbonyl (C=O) groups is 1. The van der Waals surface area contributed by atoms with Crippen molar-refractivity contribution in [3.05, 3.63) is 58.1 Å². The molecule has 1 saturated heterocycles. The van der Waals surface area contributed by atoms with Gasteiger partial charge >= 0.3 is 0 Å². The smallest absolute Gasteiger partial charge is 0.251 e. The Morgan fingerprint density at radius 3 is 2.48 bits per heavy atom. The van der Waals surface area contributed by atoms with Gasteiger partial charge in [-0.2, -0.15) is 0 Å². The van der Waals surface area contributed by atoms with Gasteiger partial charge in [0.05, 0.1) is 24.7 Å². The van der Waals surface area contributed by atoms with E-state index in [1.165, 1.54) is 12.8 Å². The zero-order valence-electron chi connectivity index (χ0n) is 15.7. The number of rotatable bonds is 7. The van der Waals surface area contributed by atoms with Crippen LogP contribution in [0.1, 0.15) is 34.8 Å². The largest absolute Gasteiger partial charge is 0.496 e. The molecule has 1 aliphatic heterocycles. The fourth-order valence-electron chi connectivity index (χ4n) is 3.53. The Hall–Kier alpha value is -2.05. The first-order valence-corrected chi connectivity index (χ1v) is 9.92. The summed E-state index contributed by atoms with van der Waals surface area (Å²) in [4.78, 5) is 15.1. The molecule has 2 aromatic rings.